The van der Waals surface area contributed by atoms with Crippen molar-refractivity contribution in [3.8, 4) is 0 Å². The maximum atomic E-state index is 12.5. The number of hydrogen-bond donors (Lipinski definition) is 1. The monoisotopic (exact) mass is 410 g/mol. The van der Waals surface area contributed by atoms with Crippen molar-refractivity contribution in [3.63, 3.8) is 0 Å². The van der Waals surface area contributed by atoms with Gasteiger partial charge in [0.15, 0.2) is 12.3 Å². The number of hydrogen-bond acceptors (Lipinski definition) is 5. The highest BCUT2D eigenvalue weighted by Gasteiger charge is 2.33. The summed E-state index contributed by atoms with van der Waals surface area (Å²) < 4.78 is 43.1. The molecule has 1 aromatic carbocycles. The van der Waals surface area contributed by atoms with Gasteiger partial charge in [0.1, 0.15) is 6.54 Å². The van der Waals surface area contributed by atoms with E-state index in [-0.39, 0.29) is 5.91 Å². The molecule has 0 spiro atoms. The van der Waals surface area contributed by atoms with Crippen molar-refractivity contribution in [2.45, 2.75) is 25.6 Å². The zero-order chi connectivity index (χ0) is 21.0. The van der Waals surface area contributed by atoms with Crippen LogP contribution in [0.3, 0.4) is 0 Å². The number of esters is 1. The third kappa shape index (κ3) is 5.12. The van der Waals surface area contributed by atoms with Crippen molar-refractivity contribution < 1.29 is 32.3 Å². The lowest BCUT2D eigenvalue weighted by molar-refractivity contribution is -0.148. The molecule has 1 N–H and O–H groups in total. The second-order valence-corrected chi connectivity index (χ2v) is 6.27. The highest BCUT2D eigenvalue weighted by atomic mass is 19.4. The van der Waals surface area contributed by atoms with Crippen LogP contribution in [-0.2, 0) is 31.8 Å². The Bertz CT molecular complexity index is 926. The van der Waals surface area contributed by atoms with Crippen LogP contribution in [0.1, 0.15) is 18.5 Å². The van der Waals surface area contributed by atoms with Gasteiger partial charge in [-0.25, -0.2) is 0 Å². The van der Waals surface area contributed by atoms with Crippen molar-refractivity contribution in [1.82, 2.24) is 9.78 Å². The lowest BCUT2D eigenvalue weighted by atomic mass is 10.2. The van der Waals surface area contributed by atoms with Crippen molar-refractivity contribution in [2.75, 3.05) is 23.4 Å². The number of nitrogens with one attached hydrogen (secondary N) is 1. The predicted octanol–water partition coefficient (Wildman–Crippen LogP) is 2.21. The van der Waals surface area contributed by atoms with Crippen molar-refractivity contribution >= 4 is 29.2 Å². The Balaban J connectivity index is 1.53. The molecule has 0 bridgehead atoms. The second-order valence-electron chi connectivity index (χ2n) is 6.27. The summed E-state index contributed by atoms with van der Waals surface area (Å²) in [6, 6.07) is 7.46. The number of benzene rings is 1. The normalized spacial score (nSPS) is 14.2. The summed E-state index contributed by atoms with van der Waals surface area (Å²) in [5.74, 6) is -1.61. The second kappa shape index (κ2) is 8.33. The molecule has 3 rings (SSSR count). The molecule has 2 aromatic rings. The SMILES string of the molecule is O=C(COC(=O)Cn1ccc(C(F)(F)F)n1)Nc1ccccc1N1CCCC1=O. The summed E-state index contributed by atoms with van der Waals surface area (Å²) in [5, 5.41) is 5.80. The van der Waals surface area contributed by atoms with E-state index in [2.05, 4.69) is 10.4 Å². The molecule has 1 aromatic heterocycles. The molecule has 0 aliphatic carbocycles. The van der Waals surface area contributed by atoms with E-state index in [1.54, 1.807) is 29.2 Å². The van der Waals surface area contributed by atoms with Crippen molar-refractivity contribution in [3.05, 3.63) is 42.2 Å². The Hall–Kier alpha value is -3.37. The number of carbonyl (C=O) groups is 3. The molecule has 2 heterocycles. The van der Waals surface area contributed by atoms with Gasteiger partial charge >= 0.3 is 12.1 Å². The number of carbonyl (C=O) groups excluding carboxylic acids is 3. The average Bonchev–Trinajstić information content (AvgIpc) is 3.29. The van der Waals surface area contributed by atoms with Gasteiger partial charge in [0, 0.05) is 19.2 Å². The van der Waals surface area contributed by atoms with Crippen LogP contribution in [0.25, 0.3) is 0 Å². The van der Waals surface area contributed by atoms with E-state index in [4.69, 9.17) is 4.74 Å². The van der Waals surface area contributed by atoms with Crippen LogP contribution < -0.4 is 10.2 Å². The Morgan fingerprint density at radius 2 is 1.97 bits per heavy atom. The molecule has 8 nitrogen and oxygen atoms in total. The van der Waals surface area contributed by atoms with Crippen molar-refractivity contribution in [2.24, 2.45) is 0 Å². The van der Waals surface area contributed by atoms with E-state index in [9.17, 15) is 27.6 Å². The summed E-state index contributed by atoms with van der Waals surface area (Å²) in [4.78, 5) is 37.3. The van der Waals surface area contributed by atoms with Gasteiger partial charge in [0.25, 0.3) is 5.91 Å². The maximum absolute atomic E-state index is 12.5. The van der Waals surface area contributed by atoms with Gasteiger partial charge in [0.2, 0.25) is 5.91 Å². The van der Waals surface area contributed by atoms with E-state index < -0.39 is 36.9 Å². The maximum Gasteiger partial charge on any atom is 0.435 e. The molecule has 2 amide bonds. The highest BCUT2D eigenvalue weighted by molar-refractivity contribution is 6.02. The van der Waals surface area contributed by atoms with Gasteiger partial charge in [-0.15, -0.1) is 0 Å². The molecule has 0 radical (unpaired) electrons. The predicted molar refractivity (Wildman–Crippen MR) is 94.8 cm³/mol. The summed E-state index contributed by atoms with van der Waals surface area (Å²) in [5.41, 5.74) is -0.187. The average molecular weight is 410 g/mol. The molecule has 154 valence electrons. The smallest absolute Gasteiger partial charge is 0.435 e. The van der Waals surface area contributed by atoms with Crippen LogP contribution in [0.2, 0.25) is 0 Å². The minimum Gasteiger partial charge on any atom is -0.454 e. The summed E-state index contributed by atoms with van der Waals surface area (Å²) in [6.07, 6.45) is -2.46. The fourth-order valence-electron chi connectivity index (χ4n) is 2.83. The first kappa shape index (κ1) is 20.4. The number of alkyl halides is 3. The molecular formula is C18H17F3N4O4. The zero-order valence-electron chi connectivity index (χ0n) is 15.1. The molecule has 1 aliphatic heterocycles. The number of aromatic nitrogens is 2. The highest BCUT2D eigenvalue weighted by Crippen LogP contribution is 2.29. The largest absolute Gasteiger partial charge is 0.454 e. The first-order valence-corrected chi connectivity index (χ1v) is 8.69. The number of para-hydroxylation sites is 2. The first-order valence-electron chi connectivity index (χ1n) is 8.69. The number of halogens is 3. The lowest BCUT2D eigenvalue weighted by Crippen LogP contribution is -2.27. The summed E-state index contributed by atoms with van der Waals surface area (Å²) in [6.45, 7) is -0.652. The quantitative estimate of drug-likeness (QED) is 0.737. The Labute approximate surface area is 163 Å². The van der Waals surface area contributed by atoms with Gasteiger partial charge in [-0.1, -0.05) is 12.1 Å². The van der Waals surface area contributed by atoms with Gasteiger partial charge in [-0.05, 0) is 24.6 Å². The van der Waals surface area contributed by atoms with E-state index >= 15 is 0 Å². The minimum atomic E-state index is -4.61. The minimum absolute atomic E-state index is 0.0458. The van der Waals surface area contributed by atoms with E-state index in [1.165, 1.54) is 0 Å². The summed E-state index contributed by atoms with van der Waals surface area (Å²) >= 11 is 0. The number of ether oxygens (including phenoxy) is 1. The summed E-state index contributed by atoms with van der Waals surface area (Å²) in [7, 11) is 0. The van der Waals surface area contributed by atoms with E-state index in [0.717, 1.165) is 23.4 Å². The number of anilines is 2. The Morgan fingerprint density at radius 1 is 1.21 bits per heavy atom. The molecule has 1 fully saturated rings. The number of rotatable bonds is 6. The number of nitrogens with zero attached hydrogens (tertiary/aromatic N) is 3. The molecule has 1 aliphatic rings. The molecule has 11 heteroatoms. The van der Waals surface area contributed by atoms with E-state index in [1.807, 2.05) is 0 Å². The molecule has 29 heavy (non-hydrogen) atoms. The van der Waals surface area contributed by atoms with Gasteiger partial charge in [0.05, 0.1) is 11.4 Å². The zero-order valence-corrected chi connectivity index (χ0v) is 15.1. The van der Waals surface area contributed by atoms with Gasteiger partial charge in [-0.3, -0.25) is 19.1 Å². The van der Waals surface area contributed by atoms with E-state index in [0.29, 0.717) is 24.3 Å². The van der Waals surface area contributed by atoms with Crippen LogP contribution in [0.4, 0.5) is 24.5 Å². The Morgan fingerprint density at radius 3 is 2.62 bits per heavy atom. The fourth-order valence-corrected chi connectivity index (χ4v) is 2.83. The van der Waals surface area contributed by atoms with Crippen LogP contribution in [0, 0.1) is 0 Å². The Kier molecular flexibility index (Phi) is 5.85. The van der Waals surface area contributed by atoms with Gasteiger partial charge < -0.3 is 15.0 Å². The van der Waals surface area contributed by atoms with Crippen LogP contribution in [0.5, 0.6) is 0 Å². The van der Waals surface area contributed by atoms with Crippen LogP contribution >= 0.6 is 0 Å². The van der Waals surface area contributed by atoms with Crippen LogP contribution in [0.15, 0.2) is 36.5 Å². The van der Waals surface area contributed by atoms with Crippen molar-refractivity contribution in [1.29, 1.82) is 0 Å². The lowest BCUT2D eigenvalue weighted by Gasteiger charge is -2.19. The topological polar surface area (TPSA) is 93.5 Å². The molecule has 0 unspecified atom stereocenters. The molecule has 0 atom stereocenters. The molecular weight excluding hydrogens is 393 g/mol. The van der Waals surface area contributed by atoms with Gasteiger partial charge in [-0.2, -0.15) is 18.3 Å². The van der Waals surface area contributed by atoms with Crippen LogP contribution in [-0.4, -0.2) is 40.7 Å². The molecule has 1 saturated heterocycles. The third-order valence-corrected chi connectivity index (χ3v) is 4.13. The standard InChI is InChI=1S/C18H17F3N4O4/c19-18(20,21)14-7-9-24(23-14)10-17(28)29-11-15(26)22-12-4-1-2-5-13(12)25-8-3-6-16(25)27/h1-2,4-5,7,9H,3,6,8,10-11H2,(H,22,26). The fraction of sp³-hybridized carbons (Fsp3) is 0.333. The number of amides is 2. The third-order valence-electron chi connectivity index (χ3n) is 4.13. The first-order chi connectivity index (χ1) is 13.7. The molecule has 0 saturated carbocycles.